The lowest BCUT2D eigenvalue weighted by Crippen LogP contribution is -2.58. The molecule has 0 saturated carbocycles. The van der Waals surface area contributed by atoms with E-state index in [0.29, 0.717) is 0 Å². The Morgan fingerprint density at radius 3 is 2.50 bits per heavy atom. The molecule has 1 saturated heterocycles. The summed E-state index contributed by atoms with van der Waals surface area (Å²) < 4.78 is 4.97. The highest BCUT2D eigenvalue weighted by Gasteiger charge is 2.44. The molecule has 0 aromatic heterocycles. The molecule has 8 heteroatoms. The number of carbonyl (C=O) groups is 3. The van der Waals surface area contributed by atoms with Crippen LogP contribution in [0.25, 0.3) is 0 Å². The quantitative estimate of drug-likeness (QED) is 0.457. The number of aliphatic carboxylic acids is 2. The van der Waals surface area contributed by atoms with Gasteiger partial charge in [-0.2, -0.15) is 0 Å². The van der Waals surface area contributed by atoms with E-state index in [1.165, 1.54) is 0 Å². The molecule has 2 atom stereocenters. The highest BCUT2D eigenvalue weighted by molar-refractivity contribution is 5.90. The van der Waals surface area contributed by atoms with Gasteiger partial charge in [0.2, 0.25) is 5.91 Å². The fourth-order valence-electron chi connectivity index (χ4n) is 1.62. The molecule has 5 N–H and O–H groups in total. The Balaban J connectivity index is 2.56. The SMILES string of the molecule is NC(CCC(=O)O)C(=O)NC1(C(=O)O)CCOC1. The number of carboxylic acid groups (broad SMARTS) is 2. The first kappa shape index (κ1) is 14.4. The van der Waals surface area contributed by atoms with Crippen molar-refractivity contribution < 1.29 is 29.3 Å². The molecule has 0 aromatic carbocycles. The second kappa shape index (κ2) is 5.78. The maximum Gasteiger partial charge on any atom is 0.331 e. The van der Waals surface area contributed by atoms with Crippen molar-refractivity contribution in [2.75, 3.05) is 13.2 Å². The maximum absolute atomic E-state index is 11.7. The number of hydrogen-bond donors (Lipinski definition) is 4. The van der Waals surface area contributed by atoms with E-state index < -0.39 is 29.4 Å². The van der Waals surface area contributed by atoms with E-state index in [4.69, 9.17) is 20.7 Å². The first-order valence-corrected chi connectivity index (χ1v) is 5.48. The Kier molecular flexibility index (Phi) is 4.62. The van der Waals surface area contributed by atoms with Gasteiger partial charge in [0, 0.05) is 19.4 Å². The third-order valence-corrected chi connectivity index (χ3v) is 2.80. The minimum Gasteiger partial charge on any atom is -0.481 e. The Labute approximate surface area is 103 Å². The van der Waals surface area contributed by atoms with Crippen molar-refractivity contribution in [1.82, 2.24) is 5.32 Å². The summed E-state index contributed by atoms with van der Waals surface area (Å²) in [5.41, 5.74) is 4.05. The lowest BCUT2D eigenvalue weighted by molar-refractivity contribution is -0.148. The molecule has 1 rings (SSSR count). The number of ether oxygens (including phenoxy) is 1. The van der Waals surface area contributed by atoms with Gasteiger partial charge in [0.05, 0.1) is 12.6 Å². The van der Waals surface area contributed by atoms with Crippen LogP contribution in [0.3, 0.4) is 0 Å². The van der Waals surface area contributed by atoms with Crippen LogP contribution in [0.2, 0.25) is 0 Å². The molecule has 0 bridgehead atoms. The second-order valence-electron chi connectivity index (χ2n) is 4.22. The molecule has 1 fully saturated rings. The van der Waals surface area contributed by atoms with Crippen LogP contribution in [0, 0.1) is 0 Å². The Bertz CT molecular complexity index is 350. The molecule has 0 aliphatic carbocycles. The second-order valence-corrected chi connectivity index (χ2v) is 4.22. The van der Waals surface area contributed by atoms with E-state index in [2.05, 4.69) is 5.32 Å². The van der Waals surface area contributed by atoms with Crippen molar-refractivity contribution in [3.05, 3.63) is 0 Å². The Hall–Kier alpha value is -1.67. The Morgan fingerprint density at radius 2 is 2.06 bits per heavy atom. The van der Waals surface area contributed by atoms with Crippen molar-refractivity contribution >= 4 is 17.8 Å². The summed E-state index contributed by atoms with van der Waals surface area (Å²) >= 11 is 0. The molecule has 0 aromatic rings. The fourth-order valence-corrected chi connectivity index (χ4v) is 1.62. The predicted octanol–water partition coefficient (Wildman–Crippen LogP) is -1.46. The van der Waals surface area contributed by atoms with Gasteiger partial charge in [-0.15, -0.1) is 0 Å². The van der Waals surface area contributed by atoms with Gasteiger partial charge in [-0.25, -0.2) is 4.79 Å². The highest BCUT2D eigenvalue weighted by atomic mass is 16.5. The largest absolute Gasteiger partial charge is 0.481 e. The summed E-state index contributed by atoms with van der Waals surface area (Å²) in [6.45, 7) is 0.136. The molecule has 0 spiro atoms. The third kappa shape index (κ3) is 3.41. The molecule has 1 amide bonds. The van der Waals surface area contributed by atoms with Crippen LogP contribution >= 0.6 is 0 Å². The normalized spacial score (nSPS) is 24.5. The zero-order chi connectivity index (χ0) is 13.8. The summed E-state index contributed by atoms with van der Waals surface area (Å²) in [5.74, 6) is -2.92. The molecule has 18 heavy (non-hydrogen) atoms. The number of nitrogens with one attached hydrogen (secondary N) is 1. The van der Waals surface area contributed by atoms with Gasteiger partial charge in [-0.05, 0) is 6.42 Å². The van der Waals surface area contributed by atoms with Crippen molar-refractivity contribution in [3.63, 3.8) is 0 Å². The van der Waals surface area contributed by atoms with E-state index >= 15 is 0 Å². The van der Waals surface area contributed by atoms with Crippen LogP contribution < -0.4 is 11.1 Å². The topological polar surface area (TPSA) is 139 Å². The fraction of sp³-hybridized carbons (Fsp3) is 0.700. The van der Waals surface area contributed by atoms with Crippen LogP contribution in [0.4, 0.5) is 0 Å². The van der Waals surface area contributed by atoms with E-state index in [1.807, 2.05) is 0 Å². The summed E-state index contributed by atoms with van der Waals surface area (Å²) in [6.07, 6.45) is -0.122. The number of rotatable bonds is 6. The number of carbonyl (C=O) groups excluding carboxylic acids is 1. The summed E-state index contributed by atoms with van der Waals surface area (Å²) in [6, 6.07) is -1.04. The van der Waals surface area contributed by atoms with Gasteiger partial charge in [-0.3, -0.25) is 9.59 Å². The van der Waals surface area contributed by atoms with E-state index in [-0.39, 0.29) is 32.5 Å². The van der Waals surface area contributed by atoms with E-state index in [1.54, 1.807) is 0 Å². The van der Waals surface area contributed by atoms with Gasteiger partial charge in [0.1, 0.15) is 0 Å². The minimum atomic E-state index is -1.45. The van der Waals surface area contributed by atoms with Crippen molar-refractivity contribution in [3.8, 4) is 0 Å². The molecule has 1 heterocycles. The molecule has 0 radical (unpaired) electrons. The zero-order valence-electron chi connectivity index (χ0n) is 9.72. The predicted molar refractivity (Wildman–Crippen MR) is 58.8 cm³/mol. The standard InChI is InChI=1S/C10H16N2O6/c11-6(1-2-7(13)14)8(15)12-10(9(16)17)3-4-18-5-10/h6H,1-5,11H2,(H,12,15)(H,13,14)(H,16,17). The van der Waals surface area contributed by atoms with Gasteiger partial charge < -0.3 is 26.0 Å². The number of hydrogen-bond acceptors (Lipinski definition) is 5. The average Bonchev–Trinajstić information content (AvgIpc) is 2.75. The molecule has 1 aliphatic heterocycles. The lowest BCUT2D eigenvalue weighted by Gasteiger charge is -2.25. The summed E-state index contributed by atoms with van der Waals surface area (Å²) in [4.78, 5) is 33.1. The monoisotopic (exact) mass is 260 g/mol. The van der Waals surface area contributed by atoms with Crippen LogP contribution in [-0.2, 0) is 19.1 Å². The van der Waals surface area contributed by atoms with Gasteiger partial charge >= 0.3 is 11.9 Å². The summed E-state index contributed by atoms with van der Waals surface area (Å²) in [5, 5.41) is 19.9. The number of amides is 1. The van der Waals surface area contributed by atoms with Crippen molar-refractivity contribution in [1.29, 1.82) is 0 Å². The smallest absolute Gasteiger partial charge is 0.331 e. The summed E-state index contributed by atoms with van der Waals surface area (Å²) in [7, 11) is 0. The highest BCUT2D eigenvalue weighted by Crippen LogP contribution is 2.19. The van der Waals surface area contributed by atoms with E-state index in [0.717, 1.165) is 0 Å². The van der Waals surface area contributed by atoms with E-state index in [9.17, 15) is 14.4 Å². The lowest BCUT2D eigenvalue weighted by atomic mass is 9.98. The maximum atomic E-state index is 11.7. The molecule has 102 valence electrons. The zero-order valence-corrected chi connectivity index (χ0v) is 9.72. The van der Waals surface area contributed by atoms with Gasteiger partial charge in [-0.1, -0.05) is 0 Å². The van der Waals surface area contributed by atoms with Gasteiger partial charge in [0.25, 0.3) is 0 Å². The third-order valence-electron chi connectivity index (χ3n) is 2.80. The number of nitrogens with two attached hydrogens (primary N) is 1. The molecular formula is C10H16N2O6. The van der Waals surface area contributed by atoms with Crippen molar-refractivity contribution in [2.24, 2.45) is 5.73 Å². The van der Waals surface area contributed by atoms with Crippen molar-refractivity contribution in [2.45, 2.75) is 30.8 Å². The van der Waals surface area contributed by atoms with Crippen LogP contribution in [0.5, 0.6) is 0 Å². The molecular weight excluding hydrogens is 244 g/mol. The van der Waals surface area contributed by atoms with Crippen LogP contribution in [0.1, 0.15) is 19.3 Å². The number of carboxylic acids is 2. The Morgan fingerprint density at radius 1 is 1.39 bits per heavy atom. The minimum absolute atomic E-state index is 0.0439. The van der Waals surface area contributed by atoms with Gasteiger partial charge in [0.15, 0.2) is 5.54 Å². The van der Waals surface area contributed by atoms with Crippen LogP contribution in [0.15, 0.2) is 0 Å². The first-order valence-electron chi connectivity index (χ1n) is 5.48. The molecule has 8 nitrogen and oxygen atoms in total. The molecule has 2 unspecified atom stereocenters. The first-order chi connectivity index (χ1) is 8.37. The molecule has 1 aliphatic rings. The average molecular weight is 260 g/mol. The van der Waals surface area contributed by atoms with Crippen LogP contribution in [-0.4, -0.2) is 52.9 Å².